The van der Waals surface area contributed by atoms with Gasteiger partial charge in [0.15, 0.2) is 0 Å². The minimum atomic E-state index is -0.543. The van der Waals surface area contributed by atoms with Crippen molar-refractivity contribution in [2.45, 2.75) is 25.7 Å². The van der Waals surface area contributed by atoms with Crippen LogP contribution in [0.2, 0.25) is 5.02 Å². The Labute approximate surface area is 168 Å². The summed E-state index contributed by atoms with van der Waals surface area (Å²) in [6, 6.07) is 17.0. The van der Waals surface area contributed by atoms with Crippen LogP contribution in [0.4, 0.5) is 10.1 Å². The van der Waals surface area contributed by atoms with Gasteiger partial charge in [-0.1, -0.05) is 29.8 Å². The van der Waals surface area contributed by atoms with E-state index < -0.39 is 11.7 Å². The number of ether oxygens (including phenoxy) is 1. The molecular formula is C23H19ClFNO2. The molecular weight excluding hydrogens is 377 g/mol. The molecule has 4 rings (SSSR count). The number of benzene rings is 3. The van der Waals surface area contributed by atoms with Gasteiger partial charge in [-0.25, -0.2) is 4.39 Å². The van der Waals surface area contributed by atoms with Crippen LogP contribution < -0.4 is 10.1 Å². The maximum absolute atomic E-state index is 13.8. The Bertz CT molecular complexity index is 1050. The van der Waals surface area contributed by atoms with Crippen LogP contribution in [0.15, 0.2) is 60.7 Å². The lowest BCUT2D eigenvalue weighted by molar-refractivity contribution is 0.102. The normalized spacial score (nSPS) is 13.2. The first-order valence-electron chi connectivity index (χ1n) is 9.15. The number of anilines is 1. The molecule has 0 heterocycles. The molecule has 1 saturated carbocycles. The second kappa shape index (κ2) is 7.64. The van der Waals surface area contributed by atoms with E-state index in [1.54, 1.807) is 24.3 Å². The van der Waals surface area contributed by atoms with Crippen molar-refractivity contribution in [3.05, 3.63) is 88.2 Å². The van der Waals surface area contributed by atoms with Crippen molar-refractivity contribution in [2.24, 2.45) is 0 Å². The van der Waals surface area contributed by atoms with Crippen LogP contribution in [0.5, 0.6) is 11.5 Å². The van der Waals surface area contributed by atoms with E-state index in [1.165, 1.54) is 12.1 Å². The Morgan fingerprint density at radius 3 is 2.61 bits per heavy atom. The highest BCUT2D eigenvalue weighted by atomic mass is 35.5. The second-order valence-corrected chi connectivity index (χ2v) is 7.41. The van der Waals surface area contributed by atoms with Gasteiger partial charge in [0, 0.05) is 10.7 Å². The number of halogens is 2. The van der Waals surface area contributed by atoms with Gasteiger partial charge in [-0.2, -0.15) is 0 Å². The predicted molar refractivity (Wildman–Crippen MR) is 109 cm³/mol. The van der Waals surface area contributed by atoms with Crippen molar-refractivity contribution < 1.29 is 13.9 Å². The molecule has 0 atom stereocenters. The van der Waals surface area contributed by atoms with Gasteiger partial charge in [-0.05, 0) is 79.3 Å². The van der Waals surface area contributed by atoms with Crippen molar-refractivity contribution in [1.82, 2.24) is 0 Å². The molecule has 142 valence electrons. The zero-order valence-electron chi connectivity index (χ0n) is 15.3. The summed E-state index contributed by atoms with van der Waals surface area (Å²) in [5, 5.41) is 3.39. The molecule has 1 amide bonds. The predicted octanol–water partition coefficient (Wildman–Crippen LogP) is 6.71. The summed E-state index contributed by atoms with van der Waals surface area (Å²) in [5.41, 5.74) is 2.66. The van der Waals surface area contributed by atoms with Gasteiger partial charge in [0.25, 0.3) is 5.91 Å². The molecule has 3 aromatic rings. The van der Waals surface area contributed by atoms with Gasteiger partial charge >= 0.3 is 0 Å². The van der Waals surface area contributed by atoms with Crippen molar-refractivity contribution >= 4 is 23.2 Å². The zero-order chi connectivity index (χ0) is 19.7. The molecule has 0 spiro atoms. The van der Waals surface area contributed by atoms with Gasteiger partial charge < -0.3 is 10.1 Å². The molecule has 0 bridgehead atoms. The number of carbonyl (C=O) groups excluding carboxylic acids is 1. The van der Waals surface area contributed by atoms with E-state index in [4.69, 9.17) is 16.3 Å². The van der Waals surface area contributed by atoms with E-state index in [9.17, 15) is 9.18 Å². The Balaban J connectivity index is 1.60. The van der Waals surface area contributed by atoms with Gasteiger partial charge in [0.05, 0.1) is 5.56 Å². The summed E-state index contributed by atoms with van der Waals surface area (Å²) in [4.78, 5) is 12.4. The molecule has 0 radical (unpaired) electrons. The first-order valence-corrected chi connectivity index (χ1v) is 9.53. The average Bonchev–Trinajstić information content (AvgIpc) is 3.51. The number of hydrogen-bond acceptors (Lipinski definition) is 2. The van der Waals surface area contributed by atoms with Gasteiger partial charge in [-0.15, -0.1) is 0 Å². The monoisotopic (exact) mass is 395 g/mol. The third-order valence-electron chi connectivity index (χ3n) is 4.77. The number of nitrogens with one attached hydrogen (secondary N) is 1. The van der Waals surface area contributed by atoms with E-state index in [1.807, 2.05) is 31.2 Å². The largest absolute Gasteiger partial charge is 0.457 e. The minimum absolute atomic E-state index is 0.0188. The zero-order valence-corrected chi connectivity index (χ0v) is 16.1. The first-order chi connectivity index (χ1) is 13.5. The third kappa shape index (κ3) is 4.02. The van der Waals surface area contributed by atoms with Gasteiger partial charge in [0.1, 0.15) is 17.3 Å². The first kappa shape index (κ1) is 18.5. The van der Waals surface area contributed by atoms with Crippen molar-refractivity contribution in [3.63, 3.8) is 0 Å². The minimum Gasteiger partial charge on any atom is -0.457 e. The van der Waals surface area contributed by atoms with Gasteiger partial charge in [0.2, 0.25) is 0 Å². The topological polar surface area (TPSA) is 38.3 Å². The van der Waals surface area contributed by atoms with Gasteiger partial charge in [-0.3, -0.25) is 4.79 Å². The molecule has 28 heavy (non-hydrogen) atoms. The van der Waals surface area contributed by atoms with Crippen LogP contribution in [-0.2, 0) is 0 Å². The summed E-state index contributed by atoms with van der Waals surface area (Å²) < 4.78 is 20.0. The van der Waals surface area contributed by atoms with E-state index in [0.29, 0.717) is 22.4 Å². The standard InChI is InChI=1S/C23H19ClFNO2/c1-14-6-9-16(24)12-22(14)28-21-11-10-17(13-19(21)15-7-8-15)26-23(27)18-4-2-3-5-20(18)25/h2-6,9-13,15H,7-8H2,1H3,(H,26,27). The summed E-state index contributed by atoms with van der Waals surface area (Å²) in [7, 11) is 0. The van der Waals surface area contributed by atoms with Crippen LogP contribution in [0.25, 0.3) is 0 Å². The van der Waals surface area contributed by atoms with Crippen LogP contribution in [0, 0.1) is 12.7 Å². The lowest BCUT2D eigenvalue weighted by Gasteiger charge is -2.15. The smallest absolute Gasteiger partial charge is 0.258 e. The molecule has 1 aliphatic rings. The van der Waals surface area contributed by atoms with E-state index in [0.717, 1.165) is 29.7 Å². The maximum atomic E-state index is 13.8. The van der Waals surface area contributed by atoms with Crippen molar-refractivity contribution in [2.75, 3.05) is 5.32 Å². The molecule has 0 aliphatic heterocycles. The molecule has 1 aliphatic carbocycles. The summed E-state index contributed by atoms with van der Waals surface area (Å²) in [5.74, 6) is 0.840. The van der Waals surface area contributed by atoms with E-state index >= 15 is 0 Å². The number of aryl methyl sites for hydroxylation is 1. The Morgan fingerprint density at radius 2 is 1.86 bits per heavy atom. The van der Waals surface area contributed by atoms with Crippen LogP contribution in [0.1, 0.15) is 40.2 Å². The van der Waals surface area contributed by atoms with Crippen molar-refractivity contribution in [3.8, 4) is 11.5 Å². The molecule has 3 aromatic carbocycles. The fourth-order valence-corrected chi connectivity index (χ4v) is 3.24. The molecule has 1 fully saturated rings. The Morgan fingerprint density at radius 1 is 1.07 bits per heavy atom. The summed E-state index contributed by atoms with van der Waals surface area (Å²) in [6.07, 6.45) is 2.16. The lowest BCUT2D eigenvalue weighted by Crippen LogP contribution is -2.13. The highest BCUT2D eigenvalue weighted by Crippen LogP contribution is 2.46. The molecule has 0 unspecified atom stereocenters. The quantitative estimate of drug-likeness (QED) is 0.521. The summed E-state index contributed by atoms with van der Waals surface area (Å²) in [6.45, 7) is 1.96. The Hall–Kier alpha value is -2.85. The molecule has 0 aromatic heterocycles. The molecule has 1 N–H and O–H groups in total. The number of hydrogen-bond donors (Lipinski definition) is 1. The highest BCUT2D eigenvalue weighted by molar-refractivity contribution is 6.30. The number of rotatable bonds is 5. The fraction of sp³-hybridized carbons (Fsp3) is 0.174. The molecule has 5 heteroatoms. The van der Waals surface area contributed by atoms with E-state index in [-0.39, 0.29) is 5.56 Å². The molecule has 0 saturated heterocycles. The third-order valence-corrected chi connectivity index (χ3v) is 5.01. The second-order valence-electron chi connectivity index (χ2n) is 6.97. The SMILES string of the molecule is Cc1ccc(Cl)cc1Oc1ccc(NC(=O)c2ccccc2F)cc1C1CC1. The lowest BCUT2D eigenvalue weighted by atomic mass is 10.1. The van der Waals surface area contributed by atoms with Crippen molar-refractivity contribution in [1.29, 1.82) is 0 Å². The Kier molecular flexibility index (Phi) is 5.05. The maximum Gasteiger partial charge on any atom is 0.258 e. The van der Waals surface area contributed by atoms with Crippen LogP contribution in [0.3, 0.4) is 0 Å². The number of carbonyl (C=O) groups is 1. The fourth-order valence-electron chi connectivity index (χ4n) is 3.08. The summed E-state index contributed by atoms with van der Waals surface area (Å²) >= 11 is 6.09. The van der Waals surface area contributed by atoms with Crippen LogP contribution in [-0.4, -0.2) is 5.91 Å². The highest BCUT2D eigenvalue weighted by Gasteiger charge is 2.28. The van der Waals surface area contributed by atoms with Crippen LogP contribution >= 0.6 is 11.6 Å². The van der Waals surface area contributed by atoms with E-state index in [2.05, 4.69) is 5.32 Å². The number of amides is 1. The average molecular weight is 396 g/mol. The molecule has 3 nitrogen and oxygen atoms in total.